The van der Waals surface area contributed by atoms with Gasteiger partial charge in [0, 0.05) is 38.8 Å². The average Bonchev–Trinajstić information content (AvgIpc) is 3.42. The Labute approximate surface area is 249 Å². The van der Waals surface area contributed by atoms with Gasteiger partial charge in [0.1, 0.15) is 0 Å². The van der Waals surface area contributed by atoms with Crippen LogP contribution in [0.25, 0.3) is 11.2 Å². The first-order chi connectivity index (χ1) is 21.0. The number of piperidine rings is 1. The summed E-state index contributed by atoms with van der Waals surface area (Å²) in [7, 11) is 0. The molecule has 8 nitrogen and oxygen atoms in total. The second-order valence-corrected chi connectivity index (χ2v) is 11.0. The van der Waals surface area contributed by atoms with Crippen molar-refractivity contribution >= 4 is 22.9 Å². The largest absolute Gasteiger partial charge is 0.416 e. The predicted molar refractivity (Wildman–Crippen MR) is 152 cm³/mol. The zero-order chi connectivity index (χ0) is 30.9. The Hall–Kier alpha value is -3.91. The summed E-state index contributed by atoms with van der Waals surface area (Å²) in [5.41, 5.74) is 0.454. The van der Waals surface area contributed by atoms with E-state index in [1.54, 1.807) is 17.0 Å². The Morgan fingerprint density at radius 3 is 2.20 bits per heavy atom. The molecule has 0 amide bonds. The molecule has 0 saturated carbocycles. The molecule has 4 aromatic rings. The van der Waals surface area contributed by atoms with Gasteiger partial charge in [0.25, 0.3) is 0 Å². The highest BCUT2D eigenvalue weighted by molar-refractivity contribution is 5.84. The van der Waals surface area contributed by atoms with Crippen molar-refractivity contribution in [2.24, 2.45) is 0 Å². The first kappa shape index (κ1) is 30.1. The van der Waals surface area contributed by atoms with Crippen LogP contribution in [0.15, 0.2) is 54.9 Å². The number of anilines is 2. The van der Waals surface area contributed by atoms with Gasteiger partial charge in [-0.3, -0.25) is 4.90 Å². The minimum absolute atomic E-state index is 0.0698. The zero-order valence-corrected chi connectivity index (χ0v) is 23.7. The highest BCUT2D eigenvalue weighted by Crippen LogP contribution is 2.32. The van der Waals surface area contributed by atoms with E-state index in [-0.39, 0.29) is 13.1 Å². The van der Waals surface area contributed by atoms with E-state index >= 15 is 0 Å². The molecule has 14 heteroatoms. The lowest BCUT2D eigenvalue weighted by molar-refractivity contribution is -0.138. The fourth-order valence-corrected chi connectivity index (χ4v) is 5.73. The van der Waals surface area contributed by atoms with Gasteiger partial charge in [-0.1, -0.05) is 24.3 Å². The van der Waals surface area contributed by atoms with Crippen molar-refractivity contribution in [2.45, 2.75) is 44.3 Å². The Kier molecular flexibility index (Phi) is 8.38. The summed E-state index contributed by atoms with van der Waals surface area (Å²) in [5, 5.41) is 3.16. The van der Waals surface area contributed by atoms with Gasteiger partial charge in [0.2, 0.25) is 5.95 Å². The fourth-order valence-electron chi connectivity index (χ4n) is 5.73. The molecule has 2 aliphatic heterocycles. The highest BCUT2D eigenvalue weighted by atomic mass is 19.4. The molecule has 0 bridgehead atoms. The summed E-state index contributed by atoms with van der Waals surface area (Å²) in [6.45, 7) is 4.98. The third-order valence-electron chi connectivity index (χ3n) is 8.11. The number of ether oxygens (including phenoxy) is 1. The number of halogens is 6. The van der Waals surface area contributed by atoms with E-state index in [2.05, 4.69) is 20.1 Å². The Balaban J connectivity index is 1.27. The number of hydrogen-bond acceptors (Lipinski definition) is 7. The van der Waals surface area contributed by atoms with Crippen LogP contribution in [-0.2, 0) is 30.2 Å². The quantitative estimate of drug-likeness (QED) is 0.261. The number of fused-ring (bicyclic) bond motifs is 1. The third kappa shape index (κ3) is 6.75. The molecule has 234 valence electrons. The fraction of sp³-hybridized carbons (Fsp3) is 0.433. The summed E-state index contributed by atoms with van der Waals surface area (Å²) in [6, 6.07) is 10.4. The van der Waals surface area contributed by atoms with Crippen LogP contribution in [0.2, 0.25) is 0 Å². The van der Waals surface area contributed by atoms with Crippen molar-refractivity contribution < 1.29 is 31.1 Å². The molecule has 0 radical (unpaired) electrons. The molecule has 0 atom stereocenters. The molecule has 2 aromatic carbocycles. The average molecular weight is 620 g/mol. The van der Waals surface area contributed by atoms with Crippen LogP contribution in [0.5, 0.6) is 0 Å². The maximum atomic E-state index is 13.3. The number of alkyl halides is 6. The molecule has 4 heterocycles. The lowest BCUT2D eigenvalue weighted by atomic mass is 10.0. The van der Waals surface area contributed by atoms with E-state index in [0.717, 1.165) is 63.4 Å². The summed E-state index contributed by atoms with van der Waals surface area (Å²) in [4.78, 5) is 18.6. The lowest BCUT2D eigenvalue weighted by Crippen LogP contribution is -2.49. The van der Waals surface area contributed by atoms with E-state index in [1.165, 1.54) is 18.2 Å². The molecule has 6 rings (SSSR count). The summed E-state index contributed by atoms with van der Waals surface area (Å²) < 4.78 is 86.3. The van der Waals surface area contributed by atoms with E-state index in [4.69, 9.17) is 14.7 Å². The maximum Gasteiger partial charge on any atom is 0.416 e. The number of hydrogen-bond donors (Lipinski definition) is 1. The maximum absolute atomic E-state index is 13.3. The Morgan fingerprint density at radius 2 is 1.52 bits per heavy atom. The molecule has 2 aromatic heterocycles. The lowest BCUT2D eigenvalue weighted by Gasteiger charge is -2.40. The van der Waals surface area contributed by atoms with Gasteiger partial charge in [-0.2, -0.15) is 36.3 Å². The monoisotopic (exact) mass is 619 g/mol. The molecule has 2 aliphatic rings. The van der Waals surface area contributed by atoms with Crippen LogP contribution in [0.3, 0.4) is 0 Å². The minimum atomic E-state index is -4.46. The molecule has 44 heavy (non-hydrogen) atoms. The number of benzene rings is 2. The van der Waals surface area contributed by atoms with Gasteiger partial charge >= 0.3 is 12.4 Å². The van der Waals surface area contributed by atoms with E-state index < -0.39 is 23.5 Å². The molecular formula is C30H31F6N7O. The van der Waals surface area contributed by atoms with Gasteiger partial charge < -0.3 is 19.5 Å². The SMILES string of the molecule is FC(F)(F)c1ccc(Cn2cnc3c(NCc4cccc(C(F)(F)F)c4)nc(N4CCC(N5CCOCC5)CC4)nc32)cc1. The molecule has 1 N–H and O–H groups in total. The normalized spacial score (nSPS) is 17.4. The van der Waals surface area contributed by atoms with Crippen LogP contribution < -0.4 is 10.2 Å². The van der Waals surface area contributed by atoms with Crippen LogP contribution in [0.4, 0.5) is 38.1 Å². The van der Waals surface area contributed by atoms with Gasteiger partial charge in [0.05, 0.1) is 37.2 Å². The molecular weight excluding hydrogens is 588 g/mol. The molecule has 2 fully saturated rings. The zero-order valence-electron chi connectivity index (χ0n) is 23.7. The Bertz CT molecular complexity index is 1570. The van der Waals surface area contributed by atoms with E-state index in [9.17, 15) is 26.3 Å². The van der Waals surface area contributed by atoms with Gasteiger partial charge in [-0.25, -0.2) is 4.98 Å². The highest BCUT2D eigenvalue weighted by Gasteiger charge is 2.31. The van der Waals surface area contributed by atoms with Crippen molar-refractivity contribution in [1.29, 1.82) is 0 Å². The topological polar surface area (TPSA) is 71.3 Å². The van der Waals surface area contributed by atoms with Crippen LogP contribution in [-0.4, -0.2) is 69.9 Å². The number of morpholine rings is 1. The predicted octanol–water partition coefficient (Wildman–Crippen LogP) is 5.83. The van der Waals surface area contributed by atoms with Crippen molar-refractivity contribution in [3.05, 3.63) is 77.1 Å². The molecule has 2 saturated heterocycles. The van der Waals surface area contributed by atoms with E-state index in [1.807, 2.05) is 0 Å². The number of rotatable bonds is 7. The minimum Gasteiger partial charge on any atom is -0.379 e. The third-order valence-corrected chi connectivity index (χ3v) is 8.11. The number of aromatic nitrogens is 4. The molecule has 0 unspecified atom stereocenters. The Morgan fingerprint density at radius 1 is 0.818 bits per heavy atom. The second kappa shape index (κ2) is 12.2. The van der Waals surface area contributed by atoms with Gasteiger partial charge in [-0.05, 0) is 48.2 Å². The number of nitrogens with one attached hydrogen (secondary N) is 1. The van der Waals surface area contributed by atoms with Crippen LogP contribution >= 0.6 is 0 Å². The number of imidazole rings is 1. The first-order valence-corrected chi connectivity index (χ1v) is 14.4. The summed E-state index contributed by atoms with van der Waals surface area (Å²) >= 11 is 0. The van der Waals surface area contributed by atoms with Crippen molar-refractivity contribution in [3.63, 3.8) is 0 Å². The molecule has 0 aliphatic carbocycles. The molecule has 0 spiro atoms. The number of nitrogens with zero attached hydrogens (tertiary/aromatic N) is 6. The van der Waals surface area contributed by atoms with Crippen molar-refractivity contribution in [1.82, 2.24) is 24.4 Å². The van der Waals surface area contributed by atoms with Crippen LogP contribution in [0.1, 0.15) is 35.1 Å². The summed E-state index contributed by atoms with van der Waals surface area (Å²) in [6.07, 6.45) is -5.52. The van der Waals surface area contributed by atoms with Gasteiger partial charge in [-0.15, -0.1) is 0 Å². The van der Waals surface area contributed by atoms with Gasteiger partial charge in [0.15, 0.2) is 17.0 Å². The van der Waals surface area contributed by atoms with Crippen molar-refractivity contribution in [3.8, 4) is 0 Å². The smallest absolute Gasteiger partial charge is 0.379 e. The first-order valence-electron chi connectivity index (χ1n) is 14.4. The van der Waals surface area contributed by atoms with E-state index in [0.29, 0.717) is 53.2 Å². The standard InChI is InChI=1S/C30H31F6N7O/c31-29(32,33)22-6-4-20(5-7-22)18-43-19-38-25-26(37-17-21-2-1-3-23(16-21)30(34,35)36)39-28(40-27(25)43)42-10-8-24(9-11-42)41-12-14-44-15-13-41/h1-7,16,19,24H,8-15,17-18H2,(H,37,39,40). The summed E-state index contributed by atoms with van der Waals surface area (Å²) in [5.74, 6) is 0.822. The second-order valence-electron chi connectivity index (χ2n) is 11.0. The van der Waals surface area contributed by atoms with Crippen LogP contribution in [0, 0.1) is 0 Å². The van der Waals surface area contributed by atoms with Crippen molar-refractivity contribution in [2.75, 3.05) is 49.6 Å².